The van der Waals surface area contributed by atoms with Gasteiger partial charge in [-0.3, -0.25) is 4.79 Å². The van der Waals surface area contributed by atoms with Crippen LogP contribution in [0.1, 0.15) is 21.5 Å². The quantitative estimate of drug-likeness (QED) is 0.525. The summed E-state index contributed by atoms with van der Waals surface area (Å²) >= 11 is 5.63. The van der Waals surface area contributed by atoms with Gasteiger partial charge < -0.3 is 4.74 Å². The van der Waals surface area contributed by atoms with Crippen molar-refractivity contribution in [3.8, 4) is 5.75 Å². The molecule has 19 heavy (non-hydrogen) atoms. The van der Waals surface area contributed by atoms with E-state index < -0.39 is 0 Å². The molecular formula is C15H12BrIO2. The lowest BCUT2D eigenvalue weighted by molar-refractivity contribution is 0.103. The first-order chi connectivity index (χ1) is 9.04. The minimum atomic E-state index is -0.0254. The number of hydrogen-bond acceptors (Lipinski definition) is 2. The highest BCUT2D eigenvalue weighted by atomic mass is 127. The van der Waals surface area contributed by atoms with E-state index in [0.717, 1.165) is 13.6 Å². The Kier molecular flexibility index (Phi) is 4.62. The van der Waals surface area contributed by atoms with E-state index in [1.165, 1.54) is 0 Å². The average molecular weight is 431 g/mol. The van der Waals surface area contributed by atoms with Gasteiger partial charge in [0.15, 0.2) is 5.78 Å². The SMILES string of the molecule is COc1cc(C)c(Br)cc1C(=O)c1ccccc1I. The predicted molar refractivity (Wildman–Crippen MR) is 88.0 cm³/mol. The van der Waals surface area contributed by atoms with Crippen LogP contribution < -0.4 is 4.74 Å². The Balaban J connectivity index is 2.56. The molecule has 0 aliphatic carbocycles. The third-order valence-corrected chi connectivity index (χ3v) is 4.64. The highest BCUT2D eigenvalue weighted by molar-refractivity contribution is 14.1. The minimum absolute atomic E-state index is 0.0254. The van der Waals surface area contributed by atoms with Crippen LogP contribution in [-0.2, 0) is 0 Å². The van der Waals surface area contributed by atoms with Crippen LogP contribution in [0.15, 0.2) is 40.9 Å². The Hall–Kier alpha value is -0.880. The van der Waals surface area contributed by atoms with Gasteiger partial charge in [-0.15, -0.1) is 0 Å². The summed E-state index contributed by atoms with van der Waals surface area (Å²) in [5, 5.41) is 0. The number of methoxy groups -OCH3 is 1. The van der Waals surface area contributed by atoms with E-state index in [4.69, 9.17) is 4.74 Å². The van der Waals surface area contributed by atoms with E-state index in [0.29, 0.717) is 16.9 Å². The normalized spacial score (nSPS) is 10.3. The van der Waals surface area contributed by atoms with Gasteiger partial charge in [-0.25, -0.2) is 0 Å². The molecule has 0 radical (unpaired) electrons. The van der Waals surface area contributed by atoms with Gasteiger partial charge in [0.25, 0.3) is 0 Å². The van der Waals surface area contributed by atoms with Crippen LogP contribution in [0.25, 0.3) is 0 Å². The van der Waals surface area contributed by atoms with Crippen LogP contribution in [0.2, 0.25) is 0 Å². The van der Waals surface area contributed by atoms with Crippen molar-refractivity contribution in [3.63, 3.8) is 0 Å². The van der Waals surface area contributed by atoms with Crippen molar-refractivity contribution in [1.82, 2.24) is 0 Å². The summed E-state index contributed by atoms with van der Waals surface area (Å²) < 4.78 is 7.16. The standard InChI is InChI=1S/C15H12BrIO2/c1-9-7-14(19-2)11(8-12(9)16)15(18)10-5-3-4-6-13(10)17/h3-8H,1-2H3. The highest BCUT2D eigenvalue weighted by Crippen LogP contribution is 2.29. The second-order valence-electron chi connectivity index (χ2n) is 4.11. The number of aryl methyl sites for hydroxylation is 1. The zero-order chi connectivity index (χ0) is 14.0. The molecule has 0 heterocycles. The number of benzene rings is 2. The lowest BCUT2D eigenvalue weighted by atomic mass is 10.0. The summed E-state index contributed by atoms with van der Waals surface area (Å²) in [6, 6.07) is 11.2. The molecule has 0 amide bonds. The number of ether oxygens (including phenoxy) is 1. The van der Waals surface area contributed by atoms with Crippen LogP contribution in [0, 0.1) is 10.5 Å². The zero-order valence-electron chi connectivity index (χ0n) is 10.5. The second-order valence-corrected chi connectivity index (χ2v) is 6.13. The molecule has 0 saturated carbocycles. The predicted octanol–water partition coefficient (Wildman–Crippen LogP) is 4.60. The van der Waals surface area contributed by atoms with Gasteiger partial charge in [-0.2, -0.15) is 0 Å². The number of carbonyl (C=O) groups is 1. The van der Waals surface area contributed by atoms with Crippen molar-refractivity contribution in [1.29, 1.82) is 0 Å². The van der Waals surface area contributed by atoms with Gasteiger partial charge >= 0.3 is 0 Å². The fourth-order valence-electron chi connectivity index (χ4n) is 1.79. The Labute approximate surface area is 134 Å². The number of carbonyl (C=O) groups excluding carboxylic acids is 1. The van der Waals surface area contributed by atoms with E-state index in [9.17, 15) is 4.79 Å². The topological polar surface area (TPSA) is 26.3 Å². The molecule has 0 aromatic heterocycles. The maximum absolute atomic E-state index is 12.6. The van der Waals surface area contributed by atoms with Crippen molar-refractivity contribution in [2.45, 2.75) is 6.92 Å². The molecule has 2 rings (SSSR count). The summed E-state index contributed by atoms with van der Waals surface area (Å²) in [6.45, 7) is 1.97. The summed E-state index contributed by atoms with van der Waals surface area (Å²) in [7, 11) is 1.58. The van der Waals surface area contributed by atoms with Crippen LogP contribution in [-0.4, -0.2) is 12.9 Å². The fraction of sp³-hybridized carbons (Fsp3) is 0.133. The molecule has 0 bridgehead atoms. The van der Waals surface area contributed by atoms with Crippen LogP contribution in [0.3, 0.4) is 0 Å². The lowest BCUT2D eigenvalue weighted by Crippen LogP contribution is -2.06. The molecule has 2 aromatic rings. The number of rotatable bonds is 3. The van der Waals surface area contributed by atoms with Crippen LogP contribution in [0.4, 0.5) is 0 Å². The maximum Gasteiger partial charge on any atom is 0.197 e. The second kappa shape index (κ2) is 6.05. The number of halogens is 2. The molecule has 0 saturated heterocycles. The monoisotopic (exact) mass is 430 g/mol. The molecule has 0 spiro atoms. The van der Waals surface area contributed by atoms with Crippen molar-refractivity contribution < 1.29 is 9.53 Å². The summed E-state index contributed by atoms with van der Waals surface area (Å²) in [5.41, 5.74) is 2.30. The Morgan fingerprint density at radius 3 is 2.53 bits per heavy atom. The van der Waals surface area contributed by atoms with Gasteiger partial charge in [0, 0.05) is 13.6 Å². The number of hydrogen-bond donors (Lipinski definition) is 0. The Morgan fingerprint density at radius 2 is 1.89 bits per heavy atom. The van der Waals surface area contributed by atoms with Gasteiger partial charge in [0.2, 0.25) is 0 Å². The fourth-order valence-corrected chi connectivity index (χ4v) is 2.77. The molecule has 4 heteroatoms. The number of ketones is 1. The van der Waals surface area contributed by atoms with Gasteiger partial charge in [0.05, 0.1) is 12.7 Å². The molecule has 0 atom stereocenters. The first kappa shape index (κ1) is 14.5. The van der Waals surface area contributed by atoms with Crippen molar-refractivity contribution >= 4 is 44.3 Å². The third kappa shape index (κ3) is 3.00. The third-order valence-electron chi connectivity index (χ3n) is 2.84. The molecule has 0 N–H and O–H groups in total. The van der Waals surface area contributed by atoms with Gasteiger partial charge in [-0.1, -0.05) is 28.1 Å². The molecule has 2 aromatic carbocycles. The first-order valence-corrected chi connectivity index (χ1v) is 7.55. The Morgan fingerprint density at radius 1 is 1.21 bits per heavy atom. The summed E-state index contributed by atoms with van der Waals surface area (Å²) in [6.07, 6.45) is 0. The van der Waals surface area contributed by atoms with Gasteiger partial charge in [0.1, 0.15) is 5.75 Å². The van der Waals surface area contributed by atoms with E-state index in [-0.39, 0.29) is 5.78 Å². The molecule has 0 unspecified atom stereocenters. The van der Waals surface area contributed by atoms with Crippen molar-refractivity contribution in [2.24, 2.45) is 0 Å². The lowest BCUT2D eigenvalue weighted by Gasteiger charge is -2.11. The Bertz CT molecular complexity index is 638. The smallest absolute Gasteiger partial charge is 0.197 e. The van der Waals surface area contributed by atoms with Gasteiger partial charge in [-0.05, 0) is 59.3 Å². The largest absolute Gasteiger partial charge is 0.496 e. The highest BCUT2D eigenvalue weighted by Gasteiger charge is 2.18. The van der Waals surface area contributed by atoms with Crippen molar-refractivity contribution in [2.75, 3.05) is 7.11 Å². The van der Waals surface area contributed by atoms with E-state index in [1.807, 2.05) is 43.3 Å². The zero-order valence-corrected chi connectivity index (χ0v) is 14.3. The summed E-state index contributed by atoms with van der Waals surface area (Å²) in [5.74, 6) is 0.577. The van der Waals surface area contributed by atoms with E-state index in [2.05, 4.69) is 38.5 Å². The molecule has 0 fully saturated rings. The van der Waals surface area contributed by atoms with Crippen LogP contribution in [0.5, 0.6) is 5.75 Å². The van der Waals surface area contributed by atoms with Crippen LogP contribution >= 0.6 is 38.5 Å². The average Bonchev–Trinajstić information content (AvgIpc) is 2.41. The molecule has 0 aliphatic rings. The summed E-state index contributed by atoms with van der Waals surface area (Å²) in [4.78, 5) is 12.6. The maximum atomic E-state index is 12.6. The van der Waals surface area contributed by atoms with Crippen molar-refractivity contribution in [3.05, 3.63) is 61.1 Å². The van der Waals surface area contributed by atoms with E-state index in [1.54, 1.807) is 7.11 Å². The van der Waals surface area contributed by atoms with E-state index >= 15 is 0 Å². The molecule has 98 valence electrons. The molecule has 0 aliphatic heterocycles. The molecular weight excluding hydrogens is 419 g/mol. The minimum Gasteiger partial charge on any atom is -0.496 e. The molecule has 2 nitrogen and oxygen atoms in total. The first-order valence-electron chi connectivity index (χ1n) is 5.68.